The van der Waals surface area contributed by atoms with Gasteiger partial charge in [0.15, 0.2) is 0 Å². The number of esters is 1. The summed E-state index contributed by atoms with van der Waals surface area (Å²) in [4.78, 5) is 11.5. The van der Waals surface area contributed by atoms with Crippen molar-refractivity contribution in [3.63, 3.8) is 0 Å². The molecule has 1 aliphatic heterocycles. The number of rotatable bonds is 6. The van der Waals surface area contributed by atoms with Crippen LogP contribution in [0.15, 0.2) is 12.4 Å². The molecule has 2 heterocycles. The van der Waals surface area contributed by atoms with Gasteiger partial charge in [-0.05, 0) is 19.3 Å². The molecule has 0 aromatic carbocycles. The minimum atomic E-state index is -0.328. The number of methoxy groups -OCH3 is 1. The molecule has 106 valence electrons. The molecule has 1 N–H and O–H groups in total. The van der Waals surface area contributed by atoms with E-state index in [-0.39, 0.29) is 18.1 Å². The Hall–Kier alpha value is -1.56. The van der Waals surface area contributed by atoms with Gasteiger partial charge in [-0.1, -0.05) is 6.92 Å². The molecule has 0 spiro atoms. The number of nitrogens with one attached hydrogen (secondary N) is 1. The molecule has 2 unspecified atom stereocenters. The van der Waals surface area contributed by atoms with Crippen molar-refractivity contribution in [1.29, 1.82) is 0 Å². The summed E-state index contributed by atoms with van der Waals surface area (Å²) in [5.74, 6) is -0.255. The number of nitrogens with zero attached hydrogens (tertiary/aromatic N) is 2. The lowest BCUT2D eigenvalue weighted by Gasteiger charge is -2.14. The van der Waals surface area contributed by atoms with E-state index in [0.29, 0.717) is 6.42 Å². The molecule has 6 heteroatoms. The highest BCUT2D eigenvalue weighted by Gasteiger charge is 2.19. The zero-order chi connectivity index (χ0) is 13.7. The van der Waals surface area contributed by atoms with E-state index in [0.717, 1.165) is 31.7 Å². The van der Waals surface area contributed by atoms with Crippen LogP contribution in [0, 0.1) is 0 Å². The molecule has 6 nitrogen and oxygen atoms in total. The lowest BCUT2D eigenvalue weighted by molar-refractivity contribution is -0.141. The Balaban J connectivity index is 1.90. The normalized spacial score (nSPS) is 20.2. The predicted molar refractivity (Wildman–Crippen MR) is 70.9 cm³/mol. The van der Waals surface area contributed by atoms with Crippen molar-refractivity contribution in [2.24, 2.45) is 0 Å². The highest BCUT2D eigenvalue weighted by Crippen LogP contribution is 2.15. The average molecular weight is 267 g/mol. The maximum Gasteiger partial charge on any atom is 0.328 e. The van der Waals surface area contributed by atoms with E-state index in [9.17, 15) is 4.79 Å². The topological polar surface area (TPSA) is 65.4 Å². The zero-order valence-corrected chi connectivity index (χ0v) is 11.5. The molecule has 1 fully saturated rings. The SMILES string of the molecule is CCC(Nc1cnn(CC2CCCO2)c1)C(=O)OC. The standard InChI is InChI=1S/C13H21N3O3/c1-3-12(13(17)18-2)15-10-7-14-16(8-10)9-11-5-4-6-19-11/h7-8,11-12,15H,3-6,9H2,1-2H3. The van der Waals surface area contributed by atoms with Crippen LogP contribution in [-0.2, 0) is 20.8 Å². The van der Waals surface area contributed by atoms with Crippen LogP contribution in [0.2, 0.25) is 0 Å². The Bertz CT molecular complexity index is 413. The highest BCUT2D eigenvalue weighted by molar-refractivity contribution is 5.78. The van der Waals surface area contributed by atoms with E-state index in [4.69, 9.17) is 9.47 Å². The van der Waals surface area contributed by atoms with Crippen molar-refractivity contribution >= 4 is 11.7 Å². The molecule has 0 bridgehead atoms. The number of carbonyl (C=O) groups excluding carboxylic acids is 1. The van der Waals surface area contributed by atoms with Gasteiger partial charge >= 0.3 is 5.97 Å². The van der Waals surface area contributed by atoms with Crippen LogP contribution >= 0.6 is 0 Å². The number of hydrogen-bond donors (Lipinski definition) is 1. The number of hydrogen-bond acceptors (Lipinski definition) is 5. The molecule has 0 amide bonds. The first-order valence-electron chi connectivity index (χ1n) is 6.71. The van der Waals surface area contributed by atoms with E-state index in [1.807, 2.05) is 17.8 Å². The molecule has 0 aliphatic carbocycles. The first kappa shape index (κ1) is 13.9. The van der Waals surface area contributed by atoms with Gasteiger partial charge in [0.05, 0.1) is 31.6 Å². The van der Waals surface area contributed by atoms with Crippen LogP contribution in [0.5, 0.6) is 0 Å². The first-order valence-corrected chi connectivity index (χ1v) is 6.71. The third-order valence-electron chi connectivity index (χ3n) is 3.28. The van der Waals surface area contributed by atoms with Gasteiger partial charge < -0.3 is 14.8 Å². The highest BCUT2D eigenvalue weighted by atomic mass is 16.5. The molecule has 1 saturated heterocycles. The largest absolute Gasteiger partial charge is 0.467 e. The molecular weight excluding hydrogens is 246 g/mol. The third kappa shape index (κ3) is 3.70. The Kier molecular flexibility index (Phi) is 4.79. The molecule has 0 saturated carbocycles. The van der Waals surface area contributed by atoms with Crippen molar-refractivity contribution in [2.75, 3.05) is 19.0 Å². The van der Waals surface area contributed by atoms with Gasteiger partial charge in [0.25, 0.3) is 0 Å². The van der Waals surface area contributed by atoms with E-state index >= 15 is 0 Å². The molecule has 0 radical (unpaired) electrons. The van der Waals surface area contributed by atoms with Crippen molar-refractivity contribution in [1.82, 2.24) is 9.78 Å². The van der Waals surface area contributed by atoms with Crippen LogP contribution in [0.3, 0.4) is 0 Å². The molecule has 1 aliphatic rings. The van der Waals surface area contributed by atoms with Gasteiger partial charge in [0, 0.05) is 12.8 Å². The Labute approximate surface area is 113 Å². The summed E-state index contributed by atoms with van der Waals surface area (Å²) in [5, 5.41) is 7.40. The quantitative estimate of drug-likeness (QED) is 0.790. The average Bonchev–Trinajstić information content (AvgIpc) is 3.07. The second-order valence-corrected chi connectivity index (χ2v) is 4.71. The van der Waals surface area contributed by atoms with E-state index in [2.05, 4.69) is 10.4 Å². The summed E-state index contributed by atoms with van der Waals surface area (Å²) in [5.41, 5.74) is 0.829. The van der Waals surface area contributed by atoms with Crippen molar-refractivity contribution in [3.05, 3.63) is 12.4 Å². The smallest absolute Gasteiger partial charge is 0.328 e. The fraction of sp³-hybridized carbons (Fsp3) is 0.692. The van der Waals surface area contributed by atoms with E-state index in [1.165, 1.54) is 7.11 Å². The second kappa shape index (κ2) is 6.56. The Morgan fingerprint density at radius 3 is 3.21 bits per heavy atom. The van der Waals surface area contributed by atoms with Crippen LogP contribution in [0.4, 0.5) is 5.69 Å². The first-order chi connectivity index (χ1) is 9.22. The lowest BCUT2D eigenvalue weighted by Crippen LogP contribution is -2.29. The van der Waals surface area contributed by atoms with Gasteiger partial charge in [-0.3, -0.25) is 4.68 Å². The molecule has 2 rings (SSSR count). The third-order valence-corrected chi connectivity index (χ3v) is 3.28. The number of ether oxygens (including phenoxy) is 2. The van der Waals surface area contributed by atoms with Crippen LogP contribution in [-0.4, -0.2) is 41.6 Å². The molecule has 1 aromatic heterocycles. The maximum atomic E-state index is 11.5. The van der Waals surface area contributed by atoms with Gasteiger partial charge in [0.1, 0.15) is 6.04 Å². The molecule has 2 atom stereocenters. The maximum absolute atomic E-state index is 11.5. The minimum absolute atomic E-state index is 0.255. The number of anilines is 1. The lowest BCUT2D eigenvalue weighted by atomic mass is 10.2. The summed E-state index contributed by atoms with van der Waals surface area (Å²) in [6.07, 6.45) is 6.76. The van der Waals surface area contributed by atoms with Gasteiger partial charge in [0.2, 0.25) is 0 Å². The Morgan fingerprint density at radius 2 is 2.58 bits per heavy atom. The van der Waals surface area contributed by atoms with Crippen molar-refractivity contribution < 1.29 is 14.3 Å². The van der Waals surface area contributed by atoms with Crippen molar-refractivity contribution in [2.45, 2.75) is 44.9 Å². The van der Waals surface area contributed by atoms with Gasteiger partial charge in [-0.15, -0.1) is 0 Å². The summed E-state index contributed by atoms with van der Waals surface area (Å²) >= 11 is 0. The fourth-order valence-corrected chi connectivity index (χ4v) is 2.21. The van der Waals surface area contributed by atoms with E-state index in [1.54, 1.807) is 6.20 Å². The van der Waals surface area contributed by atoms with Crippen LogP contribution in [0.1, 0.15) is 26.2 Å². The second-order valence-electron chi connectivity index (χ2n) is 4.71. The van der Waals surface area contributed by atoms with E-state index < -0.39 is 0 Å². The minimum Gasteiger partial charge on any atom is -0.467 e. The number of carbonyl (C=O) groups is 1. The monoisotopic (exact) mass is 267 g/mol. The summed E-state index contributed by atoms with van der Waals surface area (Å²) in [6.45, 7) is 3.54. The number of aromatic nitrogens is 2. The van der Waals surface area contributed by atoms with Gasteiger partial charge in [-0.25, -0.2) is 4.79 Å². The summed E-state index contributed by atoms with van der Waals surface area (Å²) < 4.78 is 12.2. The summed E-state index contributed by atoms with van der Waals surface area (Å²) in [7, 11) is 1.40. The zero-order valence-electron chi connectivity index (χ0n) is 11.5. The summed E-state index contributed by atoms with van der Waals surface area (Å²) in [6, 6.07) is -0.328. The molecule has 1 aromatic rings. The fourth-order valence-electron chi connectivity index (χ4n) is 2.21. The predicted octanol–water partition coefficient (Wildman–Crippen LogP) is 1.43. The molecular formula is C13H21N3O3. The van der Waals surface area contributed by atoms with Crippen LogP contribution in [0.25, 0.3) is 0 Å². The van der Waals surface area contributed by atoms with Gasteiger partial charge in [-0.2, -0.15) is 5.10 Å². The Morgan fingerprint density at radius 1 is 1.74 bits per heavy atom. The van der Waals surface area contributed by atoms with Crippen LogP contribution < -0.4 is 5.32 Å². The molecule has 19 heavy (non-hydrogen) atoms. The van der Waals surface area contributed by atoms with Crippen molar-refractivity contribution in [3.8, 4) is 0 Å².